The Kier molecular flexibility index (Phi) is 4.95. The van der Waals surface area contributed by atoms with Crippen LogP contribution < -0.4 is 10.8 Å². The molecule has 0 bridgehead atoms. The number of nitrogens with one attached hydrogen (secondary N) is 2. The molecule has 2 rings (SSSR count). The molecule has 2 aliphatic rings. The van der Waals surface area contributed by atoms with Crippen LogP contribution >= 0.6 is 0 Å². The summed E-state index contributed by atoms with van der Waals surface area (Å²) in [5.41, 5.74) is 0.730. The molecule has 1 aliphatic carbocycles. The van der Waals surface area contributed by atoms with Crippen molar-refractivity contribution in [2.24, 2.45) is 0 Å². The Morgan fingerprint density at radius 1 is 1.29 bits per heavy atom. The smallest absolute Gasteiger partial charge is 0.263 e. The SMILES string of the molecule is C[C@@H]1NC2(CCCCCCC2)C(=O)N(CC(=O)NO)C1=O. The zero-order chi connectivity index (χ0) is 15.5. The van der Waals surface area contributed by atoms with E-state index in [4.69, 9.17) is 5.21 Å². The van der Waals surface area contributed by atoms with Crippen LogP contribution in [-0.4, -0.2) is 46.0 Å². The van der Waals surface area contributed by atoms with Gasteiger partial charge in [-0.15, -0.1) is 0 Å². The van der Waals surface area contributed by atoms with Crippen LogP contribution in [0.1, 0.15) is 51.9 Å². The number of imide groups is 1. The van der Waals surface area contributed by atoms with Crippen LogP contribution in [0.2, 0.25) is 0 Å². The highest BCUT2D eigenvalue weighted by molar-refractivity contribution is 6.06. The first kappa shape index (κ1) is 15.9. The van der Waals surface area contributed by atoms with Gasteiger partial charge in [0.15, 0.2) is 0 Å². The first-order chi connectivity index (χ1) is 10.00. The molecule has 0 radical (unpaired) electrons. The first-order valence-electron chi connectivity index (χ1n) is 7.56. The zero-order valence-electron chi connectivity index (χ0n) is 12.4. The Hall–Kier alpha value is -1.47. The van der Waals surface area contributed by atoms with Gasteiger partial charge < -0.3 is 0 Å². The van der Waals surface area contributed by atoms with Crippen molar-refractivity contribution in [3.8, 4) is 0 Å². The number of rotatable bonds is 2. The molecule has 0 aromatic carbocycles. The monoisotopic (exact) mass is 297 g/mol. The van der Waals surface area contributed by atoms with Gasteiger partial charge in [0.25, 0.3) is 5.91 Å². The van der Waals surface area contributed by atoms with E-state index in [2.05, 4.69) is 5.32 Å². The van der Waals surface area contributed by atoms with Gasteiger partial charge in [0.2, 0.25) is 11.8 Å². The molecule has 1 heterocycles. The number of carbonyl (C=O) groups is 3. The van der Waals surface area contributed by atoms with E-state index in [0.717, 1.165) is 30.6 Å². The van der Waals surface area contributed by atoms with E-state index in [9.17, 15) is 14.4 Å². The van der Waals surface area contributed by atoms with E-state index in [1.165, 1.54) is 11.9 Å². The van der Waals surface area contributed by atoms with Crippen LogP contribution in [-0.2, 0) is 14.4 Å². The lowest BCUT2D eigenvalue weighted by Crippen LogP contribution is -2.70. The Morgan fingerprint density at radius 3 is 2.43 bits per heavy atom. The molecule has 2 fully saturated rings. The van der Waals surface area contributed by atoms with Crippen LogP contribution in [0, 0.1) is 0 Å². The average Bonchev–Trinajstić information content (AvgIpc) is 2.44. The fourth-order valence-corrected chi connectivity index (χ4v) is 3.33. The number of nitrogens with zero attached hydrogens (tertiary/aromatic N) is 1. The number of carbonyl (C=O) groups excluding carboxylic acids is 3. The third-order valence-corrected chi connectivity index (χ3v) is 4.42. The Morgan fingerprint density at radius 2 is 1.86 bits per heavy atom. The molecule has 21 heavy (non-hydrogen) atoms. The normalized spacial score (nSPS) is 26.4. The van der Waals surface area contributed by atoms with Crippen LogP contribution in [0.5, 0.6) is 0 Å². The largest absolute Gasteiger partial charge is 0.292 e. The second-order valence-corrected chi connectivity index (χ2v) is 5.98. The molecule has 1 spiro atoms. The highest BCUT2D eigenvalue weighted by atomic mass is 16.5. The highest BCUT2D eigenvalue weighted by Gasteiger charge is 2.49. The van der Waals surface area contributed by atoms with Crippen molar-refractivity contribution in [1.82, 2.24) is 15.7 Å². The van der Waals surface area contributed by atoms with Gasteiger partial charge in [-0.3, -0.25) is 29.8 Å². The summed E-state index contributed by atoms with van der Waals surface area (Å²) < 4.78 is 0. The minimum Gasteiger partial charge on any atom is -0.292 e. The number of hydroxylamine groups is 1. The van der Waals surface area contributed by atoms with Gasteiger partial charge in [-0.05, 0) is 19.8 Å². The first-order valence-corrected chi connectivity index (χ1v) is 7.56. The van der Waals surface area contributed by atoms with Crippen molar-refractivity contribution < 1.29 is 19.6 Å². The minimum atomic E-state index is -0.758. The summed E-state index contributed by atoms with van der Waals surface area (Å²) in [5, 5.41) is 11.8. The van der Waals surface area contributed by atoms with E-state index in [1.54, 1.807) is 6.92 Å². The summed E-state index contributed by atoms with van der Waals surface area (Å²) in [6.07, 6.45) is 6.56. The fourth-order valence-electron chi connectivity index (χ4n) is 3.33. The summed E-state index contributed by atoms with van der Waals surface area (Å²) >= 11 is 0. The van der Waals surface area contributed by atoms with Crippen molar-refractivity contribution in [3.63, 3.8) is 0 Å². The number of piperazine rings is 1. The third kappa shape index (κ3) is 3.24. The molecule has 0 aromatic rings. The molecule has 1 saturated heterocycles. The van der Waals surface area contributed by atoms with Crippen LogP contribution in [0.4, 0.5) is 0 Å². The summed E-state index contributed by atoms with van der Waals surface area (Å²) in [7, 11) is 0. The van der Waals surface area contributed by atoms with E-state index in [0.29, 0.717) is 12.8 Å². The second kappa shape index (κ2) is 6.53. The summed E-state index contributed by atoms with van der Waals surface area (Å²) in [6, 6.07) is -0.506. The molecular formula is C14H23N3O4. The molecular weight excluding hydrogens is 274 g/mol. The lowest BCUT2D eigenvalue weighted by atomic mass is 9.80. The molecule has 7 heteroatoms. The predicted molar refractivity (Wildman–Crippen MR) is 74.3 cm³/mol. The predicted octanol–water partition coefficient (Wildman–Crippen LogP) is 0.322. The summed E-state index contributed by atoms with van der Waals surface area (Å²) in [4.78, 5) is 37.2. The van der Waals surface area contributed by atoms with Gasteiger partial charge in [0, 0.05) is 0 Å². The van der Waals surface area contributed by atoms with Crippen LogP contribution in [0.15, 0.2) is 0 Å². The van der Waals surface area contributed by atoms with Crippen molar-refractivity contribution in [2.45, 2.75) is 63.5 Å². The number of hydrogen-bond donors (Lipinski definition) is 3. The van der Waals surface area contributed by atoms with Gasteiger partial charge in [-0.1, -0.05) is 32.1 Å². The van der Waals surface area contributed by atoms with Crippen LogP contribution in [0.25, 0.3) is 0 Å². The molecule has 3 amide bonds. The zero-order valence-corrected chi connectivity index (χ0v) is 12.4. The second-order valence-electron chi connectivity index (χ2n) is 5.98. The van der Waals surface area contributed by atoms with Gasteiger partial charge in [-0.25, -0.2) is 5.48 Å². The van der Waals surface area contributed by atoms with E-state index in [-0.39, 0.29) is 5.91 Å². The lowest BCUT2D eigenvalue weighted by molar-refractivity contribution is -0.160. The van der Waals surface area contributed by atoms with E-state index >= 15 is 0 Å². The Bertz CT molecular complexity index is 430. The number of amides is 3. The van der Waals surface area contributed by atoms with Crippen molar-refractivity contribution in [3.05, 3.63) is 0 Å². The molecule has 1 atom stereocenters. The quantitative estimate of drug-likeness (QED) is 0.387. The molecule has 1 aliphatic heterocycles. The average molecular weight is 297 g/mol. The summed E-state index contributed by atoms with van der Waals surface area (Å²) in [5.74, 6) is -1.51. The Labute approximate surface area is 124 Å². The molecule has 118 valence electrons. The van der Waals surface area contributed by atoms with Crippen molar-refractivity contribution in [2.75, 3.05) is 6.54 Å². The molecule has 3 N–H and O–H groups in total. The maximum Gasteiger partial charge on any atom is 0.263 e. The van der Waals surface area contributed by atoms with Crippen LogP contribution in [0.3, 0.4) is 0 Å². The molecule has 1 saturated carbocycles. The molecule has 7 nitrogen and oxygen atoms in total. The third-order valence-electron chi connectivity index (χ3n) is 4.42. The fraction of sp³-hybridized carbons (Fsp3) is 0.786. The maximum absolute atomic E-state index is 12.8. The molecule has 0 unspecified atom stereocenters. The van der Waals surface area contributed by atoms with Crippen molar-refractivity contribution in [1.29, 1.82) is 0 Å². The standard InChI is InChI=1S/C14H23N3O4/c1-10-12(19)17(9-11(18)16-21)13(20)14(15-10)7-5-3-2-4-6-8-14/h10,15,21H,2-9H2,1H3,(H,16,18)/t10-/m0/s1. The van der Waals surface area contributed by atoms with Gasteiger partial charge in [0.05, 0.1) is 11.6 Å². The maximum atomic E-state index is 12.8. The van der Waals surface area contributed by atoms with Crippen molar-refractivity contribution >= 4 is 17.7 Å². The van der Waals surface area contributed by atoms with Gasteiger partial charge >= 0.3 is 0 Å². The van der Waals surface area contributed by atoms with Gasteiger partial charge in [0.1, 0.15) is 6.54 Å². The highest BCUT2D eigenvalue weighted by Crippen LogP contribution is 2.31. The van der Waals surface area contributed by atoms with Gasteiger partial charge in [-0.2, -0.15) is 0 Å². The minimum absolute atomic E-state index is 0.337. The van der Waals surface area contributed by atoms with E-state index < -0.39 is 29.9 Å². The molecule has 0 aromatic heterocycles. The Balaban J connectivity index is 2.23. The number of hydrogen-bond acceptors (Lipinski definition) is 5. The summed E-state index contributed by atoms with van der Waals surface area (Å²) in [6.45, 7) is 1.28. The topological polar surface area (TPSA) is 98.7 Å². The lowest BCUT2D eigenvalue weighted by Gasteiger charge is -2.44. The van der Waals surface area contributed by atoms with E-state index in [1.807, 2.05) is 0 Å².